The quantitative estimate of drug-likeness (QED) is 0.878. The zero-order valence-electron chi connectivity index (χ0n) is 10.8. The molecule has 2 rings (SSSR count). The van der Waals surface area contributed by atoms with Gasteiger partial charge in [-0.3, -0.25) is 4.99 Å². The van der Waals surface area contributed by atoms with Gasteiger partial charge in [-0.05, 0) is 30.5 Å². The molecule has 6 heteroatoms. The number of nitrogens with one attached hydrogen (secondary N) is 1. The van der Waals surface area contributed by atoms with Crippen LogP contribution in [0.2, 0.25) is 0 Å². The van der Waals surface area contributed by atoms with Gasteiger partial charge >= 0.3 is 0 Å². The molecule has 0 radical (unpaired) electrons. The number of hydrogen-bond donors (Lipinski definition) is 2. The molecular weight excluding hydrogens is 262 g/mol. The molecule has 0 atom stereocenters. The number of nitrogens with zero attached hydrogens (tertiary/aromatic N) is 1. The minimum atomic E-state index is -3.60. The van der Waals surface area contributed by atoms with Crippen molar-refractivity contribution < 1.29 is 8.42 Å². The number of hydrogen-bond acceptors (Lipinski definition) is 4. The van der Waals surface area contributed by atoms with Crippen molar-refractivity contribution in [1.82, 2.24) is 5.32 Å². The summed E-state index contributed by atoms with van der Waals surface area (Å²) in [6.45, 7) is 1.55. The van der Waals surface area contributed by atoms with Crippen molar-refractivity contribution in [2.24, 2.45) is 10.1 Å². The van der Waals surface area contributed by atoms with E-state index in [4.69, 9.17) is 5.14 Å². The van der Waals surface area contributed by atoms with Gasteiger partial charge in [-0.1, -0.05) is 18.6 Å². The number of sulfonamides is 1. The molecule has 104 valence electrons. The number of primary sulfonamides is 1. The second-order valence-electron chi connectivity index (χ2n) is 4.68. The van der Waals surface area contributed by atoms with E-state index >= 15 is 0 Å². The normalized spacial score (nSPS) is 16.6. The highest BCUT2D eigenvalue weighted by molar-refractivity contribution is 7.89. The van der Waals surface area contributed by atoms with Gasteiger partial charge in [0.1, 0.15) is 0 Å². The maximum atomic E-state index is 11.1. The Morgan fingerprint density at radius 1 is 1.16 bits per heavy atom. The first-order valence-electron chi connectivity index (χ1n) is 6.45. The van der Waals surface area contributed by atoms with Crippen molar-refractivity contribution in [2.45, 2.75) is 37.1 Å². The predicted molar refractivity (Wildman–Crippen MR) is 75.4 cm³/mol. The van der Waals surface area contributed by atoms with E-state index in [1.165, 1.54) is 25.0 Å². The van der Waals surface area contributed by atoms with Crippen LogP contribution in [0.5, 0.6) is 0 Å². The van der Waals surface area contributed by atoms with Crippen molar-refractivity contribution in [3.63, 3.8) is 0 Å². The van der Waals surface area contributed by atoms with Crippen molar-refractivity contribution in [3.05, 3.63) is 29.8 Å². The van der Waals surface area contributed by atoms with Crippen molar-refractivity contribution >= 4 is 15.9 Å². The van der Waals surface area contributed by atoms with E-state index in [0.29, 0.717) is 6.54 Å². The molecule has 0 spiro atoms. The Balaban J connectivity index is 1.94. The maximum absolute atomic E-state index is 11.1. The lowest BCUT2D eigenvalue weighted by Gasteiger charge is -2.08. The Morgan fingerprint density at radius 2 is 1.89 bits per heavy atom. The lowest BCUT2D eigenvalue weighted by molar-refractivity contribution is 0.597. The molecular formula is C13H19N3O2S. The number of aliphatic imine (C=N–C) groups is 1. The second-order valence-corrected chi connectivity index (χ2v) is 6.24. The van der Waals surface area contributed by atoms with Gasteiger partial charge in [-0.25, -0.2) is 13.6 Å². The van der Waals surface area contributed by atoms with Gasteiger partial charge in [-0.2, -0.15) is 0 Å². The van der Waals surface area contributed by atoms with Crippen LogP contribution in [0.15, 0.2) is 34.2 Å². The third-order valence-corrected chi connectivity index (χ3v) is 4.05. The van der Waals surface area contributed by atoms with Gasteiger partial charge in [0.05, 0.1) is 10.7 Å². The minimum Gasteiger partial charge on any atom is -0.370 e. The lowest BCUT2D eigenvalue weighted by Crippen LogP contribution is -2.22. The number of nitrogens with two attached hydrogens (primary N) is 1. The Morgan fingerprint density at radius 3 is 2.58 bits per heavy atom. The highest BCUT2D eigenvalue weighted by atomic mass is 32.2. The van der Waals surface area contributed by atoms with Crippen LogP contribution < -0.4 is 10.5 Å². The van der Waals surface area contributed by atoms with Crippen molar-refractivity contribution in [2.75, 3.05) is 6.54 Å². The Kier molecular flexibility index (Phi) is 4.55. The predicted octanol–water partition coefficient (Wildman–Crippen LogP) is 1.40. The molecule has 0 aliphatic carbocycles. The van der Waals surface area contributed by atoms with Crippen molar-refractivity contribution in [1.29, 1.82) is 0 Å². The summed E-state index contributed by atoms with van der Waals surface area (Å²) in [4.78, 5) is 4.63. The molecule has 1 aromatic rings. The Bertz CT molecular complexity index is 550. The molecule has 0 fully saturated rings. The van der Waals surface area contributed by atoms with Crippen LogP contribution in [0, 0.1) is 0 Å². The summed E-state index contributed by atoms with van der Waals surface area (Å²) in [7, 11) is -3.60. The average Bonchev–Trinajstić information content (AvgIpc) is 2.64. The molecule has 0 aromatic heterocycles. The van der Waals surface area contributed by atoms with E-state index in [-0.39, 0.29) is 4.90 Å². The molecule has 0 unspecified atom stereocenters. The highest BCUT2D eigenvalue weighted by Crippen LogP contribution is 2.10. The number of benzene rings is 1. The Hall–Kier alpha value is -1.40. The monoisotopic (exact) mass is 281 g/mol. The summed E-state index contributed by atoms with van der Waals surface area (Å²) >= 11 is 0. The minimum absolute atomic E-state index is 0.142. The van der Waals surface area contributed by atoms with Gasteiger partial charge in [0.25, 0.3) is 0 Å². The smallest absolute Gasteiger partial charge is 0.238 e. The summed E-state index contributed by atoms with van der Waals surface area (Å²) in [5, 5.41) is 8.36. The van der Waals surface area contributed by atoms with Gasteiger partial charge in [0.2, 0.25) is 10.0 Å². The van der Waals surface area contributed by atoms with Gasteiger partial charge < -0.3 is 5.32 Å². The summed E-state index contributed by atoms with van der Waals surface area (Å²) in [6, 6.07) is 6.59. The van der Waals surface area contributed by atoms with Crippen LogP contribution in [-0.2, 0) is 16.6 Å². The number of amidine groups is 1. The average molecular weight is 281 g/mol. The molecule has 0 saturated heterocycles. The highest BCUT2D eigenvalue weighted by Gasteiger charge is 2.07. The van der Waals surface area contributed by atoms with Crippen molar-refractivity contribution in [3.8, 4) is 0 Å². The van der Waals surface area contributed by atoms with E-state index in [1.54, 1.807) is 12.1 Å². The lowest BCUT2D eigenvalue weighted by atomic mass is 10.2. The van der Waals surface area contributed by atoms with Gasteiger partial charge in [-0.15, -0.1) is 0 Å². The molecule has 1 aliphatic rings. The fourth-order valence-corrected chi connectivity index (χ4v) is 2.53. The maximum Gasteiger partial charge on any atom is 0.238 e. The number of rotatable bonds is 3. The van der Waals surface area contributed by atoms with Crippen LogP contribution in [0.25, 0.3) is 0 Å². The first-order chi connectivity index (χ1) is 9.05. The SMILES string of the molecule is NS(=O)(=O)c1ccc(CNC2=NCCCCC2)cc1. The van der Waals surface area contributed by atoms with Crippen LogP contribution in [-0.4, -0.2) is 20.8 Å². The fraction of sp³-hybridized carbons (Fsp3) is 0.462. The summed E-state index contributed by atoms with van der Waals surface area (Å²) in [5.41, 5.74) is 1.01. The summed E-state index contributed by atoms with van der Waals surface area (Å²) < 4.78 is 22.3. The van der Waals surface area contributed by atoms with Gasteiger partial charge in [0.15, 0.2) is 0 Å². The molecule has 3 N–H and O–H groups in total. The third kappa shape index (κ3) is 4.33. The third-order valence-electron chi connectivity index (χ3n) is 3.12. The fourth-order valence-electron chi connectivity index (χ4n) is 2.02. The van der Waals surface area contributed by atoms with Crippen LogP contribution in [0.1, 0.15) is 31.2 Å². The largest absolute Gasteiger partial charge is 0.370 e. The first-order valence-corrected chi connectivity index (χ1v) is 7.99. The first kappa shape index (κ1) is 14.0. The molecule has 19 heavy (non-hydrogen) atoms. The molecule has 0 bridgehead atoms. The van der Waals surface area contributed by atoms with E-state index in [1.807, 2.05) is 0 Å². The Labute approximate surface area is 114 Å². The summed E-state index contributed by atoms with van der Waals surface area (Å²) in [6.07, 6.45) is 4.57. The van der Waals surface area contributed by atoms with Gasteiger partial charge in [0, 0.05) is 19.5 Å². The van der Waals surface area contributed by atoms with E-state index in [9.17, 15) is 8.42 Å². The summed E-state index contributed by atoms with van der Waals surface area (Å²) in [5.74, 6) is 1.05. The standard InChI is InChI=1S/C13H19N3O2S/c14-19(17,18)12-7-5-11(6-8-12)10-16-13-4-2-1-3-9-15-13/h5-8H,1-4,9-10H2,(H,15,16)(H2,14,17,18). The van der Waals surface area contributed by atoms with E-state index in [2.05, 4.69) is 10.3 Å². The zero-order chi connectivity index (χ0) is 13.7. The molecule has 1 heterocycles. The topological polar surface area (TPSA) is 84.5 Å². The van der Waals surface area contributed by atoms with Crippen LogP contribution in [0.3, 0.4) is 0 Å². The van der Waals surface area contributed by atoms with E-state index < -0.39 is 10.0 Å². The van der Waals surface area contributed by atoms with Crippen LogP contribution in [0.4, 0.5) is 0 Å². The molecule has 1 aromatic carbocycles. The van der Waals surface area contributed by atoms with E-state index in [0.717, 1.165) is 30.8 Å². The second kappa shape index (κ2) is 6.16. The zero-order valence-corrected chi connectivity index (χ0v) is 11.6. The molecule has 5 nitrogen and oxygen atoms in total. The molecule has 0 saturated carbocycles. The van der Waals surface area contributed by atoms with Crippen LogP contribution >= 0.6 is 0 Å². The molecule has 0 amide bonds. The molecule has 1 aliphatic heterocycles.